The first-order valence-electron chi connectivity index (χ1n) is 13.4. The zero-order chi connectivity index (χ0) is 25.4. The number of hydrogen-bond donors (Lipinski definition) is 2. The van der Waals surface area contributed by atoms with E-state index in [1.54, 1.807) is 0 Å². The Morgan fingerprint density at radius 2 is 1.06 bits per heavy atom. The van der Waals surface area contributed by atoms with Crippen LogP contribution >= 0.6 is 0 Å². The van der Waals surface area contributed by atoms with Gasteiger partial charge in [-0.15, -0.1) is 0 Å². The Morgan fingerprint density at radius 1 is 0.657 bits per heavy atom. The molecule has 2 aromatic rings. The standard InChI is InChI=1S/C31H44O4/c1-7-34-13-9-11-21-15-23-25(17-27(21)32)31(19-29(23,3)4)20-30(5,6)24-16-22(12-10-14-35-8-2)28(33)18-26(24)31/h15-18,32-33H,7-14,19-20H2,1-6H3. The van der Waals surface area contributed by atoms with Crippen LogP contribution in [0.3, 0.4) is 0 Å². The SMILES string of the molecule is CCOCCCc1cc2c(cc1O)C1(CC2(C)C)CC(C)(C)c2cc(CCCOCC)c(O)cc21. The molecule has 0 aliphatic heterocycles. The van der Waals surface area contributed by atoms with Gasteiger partial charge in [0.1, 0.15) is 11.5 Å². The average molecular weight is 481 g/mol. The van der Waals surface area contributed by atoms with Gasteiger partial charge in [-0.3, -0.25) is 0 Å². The van der Waals surface area contributed by atoms with Crippen LogP contribution in [0.25, 0.3) is 0 Å². The summed E-state index contributed by atoms with van der Waals surface area (Å²) in [7, 11) is 0. The van der Waals surface area contributed by atoms with Gasteiger partial charge in [-0.2, -0.15) is 0 Å². The highest BCUT2D eigenvalue weighted by atomic mass is 16.5. The predicted molar refractivity (Wildman–Crippen MR) is 142 cm³/mol. The molecule has 2 aliphatic rings. The van der Waals surface area contributed by atoms with Gasteiger partial charge in [0.2, 0.25) is 0 Å². The van der Waals surface area contributed by atoms with Crippen molar-refractivity contribution in [2.24, 2.45) is 0 Å². The Hall–Kier alpha value is -2.04. The Balaban J connectivity index is 1.74. The third-order valence-corrected chi connectivity index (χ3v) is 8.29. The molecule has 0 atom stereocenters. The van der Waals surface area contributed by atoms with Gasteiger partial charge in [-0.05, 0) is 109 Å². The van der Waals surface area contributed by atoms with E-state index in [0.29, 0.717) is 24.7 Å². The van der Waals surface area contributed by atoms with E-state index in [-0.39, 0.29) is 16.2 Å². The van der Waals surface area contributed by atoms with E-state index in [4.69, 9.17) is 9.47 Å². The van der Waals surface area contributed by atoms with Crippen molar-refractivity contribution in [2.75, 3.05) is 26.4 Å². The van der Waals surface area contributed by atoms with Gasteiger partial charge < -0.3 is 19.7 Å². The van der Waals surface area contributed by atoms with Crippen LogP contribution in [0, 0.1) is 0 Å². The zero-order valence-corrected chi connectivity index (χ0v) is 22.6. The van der Waals surface area contributed by atoms with Crippen LogP contribution in [0.2, 0.25) is 0 Å². The van der Waals surface area contributed by atoms with Gasteiger partial charge in [-0.25, -0.2) is 0 Å². The maximum Gasteiger partial charge on any atom is 0.119 e. The minimum absolute atomic E-state index is 0.0127. The smallest absolute Gasteiger partial charge is 0.119 e. The number of aryl methyl sites for hydroxylation is 2. The van der Waals surface area contributed by atoms with Crippen molar-refractivity contribution in [3.05, 3.63) is 57.6 Å². The fourth-order valence-electron chi connectivity index (χ4n) is 6.88. The molecule has 2 aliphatic carbocycles. The van der Waals surface area contributed by atoms with Gasteiger partial charge >= 0.3 is 0 Å². The fraction of sp³-hybridized carbons (Fsp3) is 0.613. The Morgan fingerprint density at radius 3 is 1.43 bits per heavy atom. The molecule has 4 heteroatoms. The van der Waals surface area contributed by atoms with E-state index in [1.165, 1.54) is 22.3 Å². The maximum absolute atomic E-state index is 11.1. The van der Waals surface area contributed by atoms with Gasteiger partial charge in [0.05, 0.1) is 0 Å². The number of benzene rings is 2. The van der Waals surface area contributed by atoms with E-state index in [1.807, 2.05) is 26.0 Å². The Bertz CT molecular complexity index is 981. The van der Waals surface area contributed by atoms with E-state index >= 15 is 0 Å². The number of fused-ring (bicyclic) bond motifs is 4. The lowest BCUT2D eigenvalue weighted by Gasteiger charge is -2.30. The molecule has 0 aromatic heterocycles. The van der Waals surface area contributed by atoms with Crippen molar-refractivity contribution < 1.29 is 19.7 Å². The quantitative estimate of drug-likeness (QED) is 0.372. The average Bonchev–Trinajstić information content (AvgIpc) is 3.13. The van der Waals surface area contributed by atoms with Crippen molar-refractivity contribution >= 4 is 0 Å². The highest BCUT2D eigenvalue weighted by Gasteiger charge is 2.56. The molecule has 0 amide bonds. The van der Waals surface area contributed by atoms with Crippen molar-refractivity contribution in [2.45, 2.75) is 96.3 Å². The minimum Gasteiger partial charge on any atom is -0.508 e. The molecule has 1 spiro atoms. The highest BCUT2D eigenvalue weighted by Crippen LogP contribution is 2.64. The summed E-state index contributed by atoms with van der Waals surface area (Å²) in [5, 5.41) is 22.1. The van der Waals surface area contributed by atoms with Gasteiger partial charge in [-0.1, -0.05) is 39.8 Å². The molecule has 0 fully saturated rings. The third kappa shape index (κ3) is 4.72. The normalized spacial score (nSPS) is 18.7. The topological polar surface area (TPSA) is 58.9 Å². The summed E-state index contributed by atoms with van der Waals surface area (Å²) in [6.45, 7) is 16.2. The second-order valence-corrected chi connectivity index (χ2v) is 11.9. The molecule has 2 aromatic carbocycles. The molecule has 2 N–H and O–H groups in total. The van der Waals surface area contributed by atoms with E-state index in [2.05, 4.69) is 39.8 Å². The number of phenolic OH excluding ortho intramolecular Hbond substituents is 2. The summed E-state index contributed by atoms with van der Waals surface area (Å²) < 4.78 is 11.0. The molecule has 0 bridgehead atoms. The van der Waals surface area contributed by atoms with Crippen LogP contribution in [0.5, 0.6) is 11.5 Å². The van der Waals surface area contributed by atoms with Crippen LogP contribution < -0.4 is 0 Å². The van der Waals surface area contributed by atoms with Gasteiger partial charge in [0.25, 0.3) is 0 Å². The van der Waals surface area contributed by atoms with Gasteiger partial charge in [0, 0.05) is 31.8 Å². The van der Waals surface area contributed by atoms with Crippen LogP contribution in [0.1, 0.15) is 101 Å². The molecular weight excluding hydrogens is 436 g/mol. The van der Waals surface area contributed by atoms with Crippen LogP contribution in [-0.4, -0.2) is 36.6 Å². The van der Waals surface area contributed by atoms with Crippen molar-refractivity contribution in [3.8, 4) is 11.5 Å². The summed E-state index contributed by atoms with van der Waals surface area (Å²) in [5.41, 5.74) is 6.96. The minimum atomic E-state index is -0.194. The largest absolute Gasteiger partial charge is 0.508 e. The molecule has 4 nitrogen and oxygen atoms in total. The number of rotatable bonds is 10. The van der Waals surface area contributed by atoms with Crippen LogP contribution in [0.4, 0.5) is 0 Å². The molecule has 0 saturated heterocycles. The number of hydrogen-bond acceptors (Lipinski definition) is 4. The first-order valence-corrected chi connectivity index (χ1v) is 13.4. The van der Waals surface area contributed by atoms with Crippen LogP contribution in [-0.2, 0) is 38.6 Å². The van der Waals surface area contributed by atoms with Gasteiger partial charge in [0.15, 0.2) is 0 Å². The summed E-state index contributed by atoms with van der Waals surface area (Å²) in [6.07, 6.45) is 5.41. The second-order valence-electron chi connectivity index (χ2n) is 11.9. The molecule has 0 unspecified atom stereocenters. The van der Waals surface area contributed by atoms with Crippen molar-refractivity contribution in [1.29, 1.82) is 0 Å². The molecule has 4 rings (SSSR count). The summed E-state index contributed by atoms with van der Waals surface area (Å²) in [6, 6.07) is 8.58. The second kappa shape index (κ2) is 9.78. The van der Waals surface area contributed by atoms with E-state index < -0.39 is 0 Å². The molecule has 0 radical (unpaired) electrons. The lowest BCUT2D eigenvalue weighted by molar-refractivity contribution is 0.145. The van der Waals surface area contributed by atoms with Crippen molar-refractivity contribution in [1.82, 2.24) is 0 Å². The van der Waals surface area contributed by atoms with E-state index in [9.17, 15) is 10.2 Å². The monoisotopic (exact) mass is 480 g/mol. The fourth-order valence-corrected chi connectivity index (χ4v) is 6.88. The van der Waals surface area contributed by atoms with Crippen LogP contribution in [0.15, 0.2) is 24.3 Å². The van der Waals surface area contributed by atoms with Crippen molar-refractivity contribution in [3.63, 3.8) is 0 Å². The highest BCUT2D eigenvalue weighted by molar-refractivity contribution is 5.63. The third-order valence-electron chi connectivity index (χ3n) is 8.29. The Labute approximate surface area is 211 Å². The predicted octanol–water partition coefficient (Wildman–Crippen LogP) is 6.68. The lowest BCUT2D eigenvalue weighted by atomic mass is 9.72. The summed E-state index contributed by atoms with van der Waals surface area (Å²) in [4.78, 5) is 0. The summed E-state index contributed by atoms with van der Waals surface area (Å²) >= 11 is 0. The molecule has 0 heterocycles. The lowest BCUT2D eigenvalue weighted by Crippen LogP contribution is -2.26. The molecular formula is C31H44O4. The number of aromatic hydroxyl groups is 2. The molecule has 0 saturated carbocycles. The molecule has 192 valence electrons. The first-order chi connectivity index (χ1) is 16.6. The molecule has 35 heavy (non-hydrogen) atoms. The summed E-state index contributed by atoms with van der Waals surface area (Å²) in [5.74, 6) is 0.778. The number of phenols is 2. The number of ether oxygens (including phenoxy) is 2. The first kappa shape index (κ1) is 26.0. The maximum atomic E-state index is 11.1. The van der Waals surface area contributed by atoms with E-state index in [0.717, 1.165) is 62.9 Å². The zero-order valence-electron chi connectivity index (χ0n) is 22.6. The Kier molecular flexibility index (Phi) is 7.28.